The minimum atomic E-state index is 0.322. The molecule has 0 radical (unpaired) electrons. The fourth-order valence-electron chi connectivity index (χ4n) is 1.54. The predicted octanol–water partition coefficient (Wildman–Crippen LogP) is 3.27. The molecule has 3 nitrogen and oxygen atoms in total. The maximum Gasteiger partial charge on any atom is 0.147 e. The van der Waals surface area contributed by atoms with E-state index in [-0.39, 0.29) is 0 Å². The van der Waals surface area contributed by atoms with Gasteiger partial charge in [-0.1, -0.05) is 18.2 Å². The van der Waals surface area contributed by atoms with E-state index in [0.29, 0.717) is 18.2 Å². The van der Waals surface area contributed by atoms with Gasteiger partial charge in [0.25, 0.3) is 0 Å². The van der Waals surface area contributed by atoms with Crippen LogP contribution in [-0.2, 0) is 12.5 Å². The van der Waals surface area contributed by atoms with Gasteiger partial charge in [0.1, 0.15) is 24.1 Å². The second kappa shape index (κ2) is 6.04. The summed E-state index contributed by atoms with van der Waals surface area (Å²) >= 11 is 5.76. The van der Waals surface area contributed by atoms with Crippen molar-refractivity contribution in [2.75, 3.05) is 0 Å². The molecule has 18 heavy (non-hydrogen) atoms. The maximum atomic E-state index is 8.91. The third-order valence-electron chi connectivity index (χ3n) is 2.44. The van der Waals surface area contributed by atoms with E-state index in [1.54, 1.807) is 12.3 Å². The Morgan fingerprint density at radius 3 is 2.94 bits per heavy atom. The molecule has 0 aliphatic rings. The van der Waals surface area contributed by atoms with Crippen molar-refractivity contribution < 1.29 is 4.74 Å². The van der Waals surface area contributed by atoms with Crippen LogP contribution in [0.1, 0.15) is 16.8 Å². The van der Waals surface area contributed by atoms with Gasteiger partial charge in [0.15, 0.2) is 0 Å². The van der Waals surface area contributed by atoms with Crippen LogP contribution in [0.25, 0.3) is 0 Å². The van der Waals surface area contributed by atoms with Gasteiger partial charge in [0.05, 0.1) is 0 Å². The zero-order chi connectivity index (χ0) is 12.8. The van der Waals surface area contributed by atoms with Crippen LogP contribution in [0.3, 0.4) is 0 Å². The molecule has 0 fully saturated rings. The Morgan fingerprint density at radius 1 is 1.28 bits per heavy atom. The van der Waals surface area contributed by atoms with E-state index >= 15 is 0 Å². The van der Waals surface area contributed by atoms with Gasteiger partial charge in [0.2, 0.25) is 0 Å². The SMILES string of the molecule is N#Cc1ncccc1COc1cccc(CCl)c1. The Morgan fingerprint density at radius 2 is 2.17 bits per heavy atom. The Labute approximate surface area is 111 Å². The van der Waals surface area contributed by atoms with Crippen molar-refractivity contribution in [3.63, 3.8) is 0 Å². The minimum absolute atomic E-state index is 0.322. The molecule has 0 N–H and O–H groups in total. The fraction of sp³-hybridized carbons (Fsp3) is 0.143. The quantitative estimate of drug-likeness (QED) is 0.791. The van der Waals surface area contributed by atoms with Crippen LogP contribution in [0.5, 0.6) is 5.75 Å². The number of aromatic nitrogens is 1. The average molecular weight is 259 g/mol. The first-order chi connectivity index (χ1) is 8.83. The molecule has 2 rings (SSSR count). The van der Waals surface area contributed by atoms with Crippen molar-refractivity contribution >= 4 is 11.6 Å². The normalized spacial score (nSPS) is 9.78. The van der Waals surface area contributed by atoms with E-state index in [4.69, 9.17) is 21.6 Å². The lowest BCUT2D eigenvalue weighted by Gasteiger charge is -2.07. The summed E-state index contributed by atoms with van der Waals surface area (Å²) in [7, 11) is 0. The number of nitrogens with zero attached hydrogens (tertiary/aromatic N) is 2. The average Bonchev–Trinajstić information content (AvgIpc) is 2.45. The summed E-state index contributed by atoms with van der Waals surface area (Å²) in [5.41, 5.74) is 2.17. The molecule has 0 aliphatic carbocycles. The molecular weight excluding hydrogens is 248 g/mol. The van der Waals surface area contributed by atoms with Crippen molar-refractivity contribution in [1.82, 2.24) is 4.98 Å². The lowest BCUT2D eigenvalue weighted by molar-refractivity contribution is 0.305. The number of halogens is 1. The predicted molar refractivity (Wildman–Crippen MR) is 69.3 cm³/mol. The van der Waals surface area contributed by atoms with Gasteiger partial charge in [-0.25, -0.2) is 4.98 Å². The minimum Gasteiger partial charge on any atom is -0.489 e. The van der Waals surface area contributed by atoms with Crippen molar-refractivity contribution in [2.24, 2.45) is 0 Å². The maximum absolute atomic E-state index is 8.91. The molecular formula is C14H11ClN2O. The highest BCUT2D eigenvalue weighted by molar-refractivity contribution is 6.17. The molecule has 0 saturated carbocycles. The topological polar surface area (TPSA) is 45.9 Å². The molecule has 0 saturated heterocycles. The first-order valence-corrected chi connectivity index (χ1v) is 5.98. The second-order valence-electron chi connectivity index (χ2n) is 3.69. The highest BCUT2D eigenvalue weighted by atomic mass is 35.5. The Bertz CT molecular complexity index is 578. The molecule has 0 aliphatic heterocycles. The molecule has 90 valence electrons. The number of benzene rings is 1. The van der Waals surface area contributed by atoms with Crippen LogP contribution >= 0.6 is 11.6 Å². The van der Waals surface area contributed by atoms with E-state index in [1.807, 2.05) is 36.4 Å². The van der Waals surface area contributed by atoms with Gasteiger partial charge < -0.3 is 4.74 Å². The van der Waals surface area contributed by atoms with Gasteiger partial charge >= 0.3 is 0 Å². The van der Waals surface area contributed by atoms with Crippen LogP contribution in [0.2, 0.25) is 0 Å². The van der Waals surface area contributed by atoms with Crippen LogP contribution in [0.4, 0.5) is 0 Å². The molecule has 0 amide bonds. The van der Waals surface area contributed by atoms with E-state index in [9.17, 15) is 0 Å². The molecule has 0 bridgehead atoms. The van der Waals surface area contributed by atoms with Crippen molar-refractivity contribution in [2.45, 2.75) is 12.5 Å². The smallest absolute Gasteiger partial charge is 0.147 e. The zero-order valence-electron chi connectivity index (χ0n) is 9.64. The summed E-state index contributed by atoms with van der Waals surface area (Å²) < 4.78 is 5.63. The second-order valence-corrected chi connectivity index (χ2v) is 3.96. The zero-order valence-corrected chi connectivity index (χ0v) is 10.4. The summed E-state index contributed by atoms with van der Waals surface area (Å²) in [5.74, 6) is 1.19. The first kappa shape index (κ1) is 12.4. The summed E-state index contributed by atoms with van der Waals surface area (Å²) in [6.07, 6.45) is 1.59. The van der Waals surface area contributed by atoms with Gasteiger partial charge in [0, 0.05) is 17.6 Å². The molecule has 1 heterocycles. The van der Waals surface area contributed by atoms with Gasteiger partial charge in [-0.05, 0) is 23.8 Å². The van der Waals surface area contributed by atoms with Crippen LogP contribution in [-0.4, -0.2) is 4.98 Å². The Hall–Kier alpha value is -2.05. The highest BCUT2D eigenvalue weighted by Crippen LogP contribution is 2.17. The summed E-state index contributed by atoms with van der Waals surface area (Å²) in [5, 5.41) is 8.91. The standard InChI is InChI=1S/C14H11ClN2O/c15-8-11-3-1-5-13(7-11)18-10-12-4-2-6-17-14(12)9-16/h1-7H,8,10H2. The van der Waals surface area contributed by atoms with Gasteiger partial charge in [-0.2, -0.15) is 5.26 Å². The summed E-state index contributed by atoms with van der Waals surface area (Å²) in [6, 6.07) is 13.2. The van der Waals surface area contributed by atoms with Gasteiger partial charge in [-0.15, -0.1) is 11.6 Å². The molecule has 0 atom stereocenters. The number of hydrogen-bond donors (Lipinski definition) is 0. The van der Waals surface area contributed by atoms with Crippen molar-refractivity contribution in [3.8, 4) is 11.8 Å². The van der Waals surface area contributed by atoms with Crippen LogP contribution < -0.4 is 4.74 Å². The van der Waals surface area contributed by atoms with Crippen LogP contribution in [0.15, 0.2) is 42.6 Å². The number of hydrogen-bond acceptors (Lipinski definition) is 3. The van der Waals surface area contributed by atoms with Crippen molar-refractivity contribution in [1.29, 1.82) is 5.26 Å². The first-order valence-electron chi connectivity index (χ1n) is 5.45. The lowest BCUT2D eigenvalue weighted by Crippen LogP contribution is -2.00. The molecule has 0 unspecified atom stereocenters. The third kappa shape index (κ3) is 2.99. The number of nitriles is 1. The molecule has 1 aromatic heterocycles. The number of rotatable bonds is 4. The molecule has 4 heteroatoms. The largest absolute Gasteiger partial charge is 0.489 e. The monoisotopic (exact) mass is 258 g/mol. The molecule has 0 spiro atoms. The van der Waals surface area contributed by atoms with Gasteiger partial charge in [-0.3, -0.25) is 0 Å². The number of pyridine rings is 1. The van der Waals surface area contributed by atoms with E-state index < -0.39 is 0 Å². The summed E-state index contributed by atoms with van der Waals surface area (Å²) in [4.78, 5) is 3.98. The lowest BCUT2D eigenvalue weighted by atomic mass is 10.2. The van der Waals surface area contributed by atoms with Crippen LogP contribution in [0, 0.1) is 11.3 Å². The summed E-state index contributed by atoms with van der Waals surface area (Å²) in [6.45, 7) is 0.322. The fourth-order valence-corrected chi connectivity index (χ4v) is 1.70. The van der Waals surface area contributed by atoms with E-state index in [0.717, 1.165) is 16.9 Å². The van der Waals surface area contributed by atoms with E-state index in [2.05, 4.69) is 4.98 Å². The van der Waals surface area contributed by atoms with Crippen molar-refractivity contribution in [3.05, 3.63) is 59.4 Å². The highest BCUT2D eigenvalue weighted by Gasteiger charge is 2.03. The number of ether oxygens (including phenoxy) is 1. The number of alkyl halides is 1. The third-order valence-corrected chi connectivity index (χ3v) is 2.75. The molecule has 2 aromatic rings. The Balaban J connectivity index is 2.09. The molecule has 1 aromatic carbocycles. The van der Waals surface area contributed by atoms with E-state index in [1.165, 1.54) is 0 Å². The Kier molecular flexibility index (Phi) is 4.16.